The van der Waals surface area contributed by atoms with Crippen LogP contribution in [-0.4, -0.2) is 36.2 Å². The van der Waals surface area contributed by atoms with Gasteiger partial charge in [0.05, 0.1) is 12.3 Å². The predicted octanol–water partition coefficient (Wildman–Crippen LogP) is 6.07. The van der Waals surface area contributed by atoms with Crippen molar-refractivity contribution in [3.8, 4) is 11.1 Å². The van der Waals surface area contributed by atoms with E-state index in [0.717, 1.165) is 67.4 Å². The molecule has 0 saturated carbocycles. The summed E-state index contributed by atoms with van der Waals surface area (Å²) in [5.41, 5.74) is 4.26. The number of nitrogens with one attached hydrogen (secondary N) is 1. The number of hydrazone groups is 1. The smallest absolute Gasteiger partial charge is 0.411 e. The molecule has 7 nitrogen and oxygen atoms in total. The van der Waals surface area contributed by atoms with E-state index >= 15 is 0 Å². The number of carbonyl (C=O) groups excluding carboxylic acids is 1. The van der Waals surface area contributed by atoms with Crippen molar-refractivity contribution >= 4 is 23.7 Å². The van der Waals surface area contributed by atoms with Crippen LogP contribution in [0.2, 0.25) is 0 Å². The number of unbranched alkanes of at least 4 members (excludes halogenated alkanes) is 5. The molecule has 3 aromatic rings. The van der Waals surface area contributed by atoms with Gasteiger partial charge in [0, 0.05) is 36.3 Å². The lowest BCUT2D eigenvalue weighted by molar-refractivity contribution is 0.159. The zero-order valence-corrected chi connectivity index (χ0v) is 20.0. The molecule has 7 heteroatoms. The van der Waals surface area contributed by atoms with Crippen LogP contribution in [0.4, 0.5) is 10.5 Å². The Morgan fingerprint density at radius 3 is 2.43 bits per heavy atom. The number of ether oxygens (including phenoxy) is 1. The van der Waals surface area contributed by atoms with E-state index < -0.39 is 6.09 Å². The van der Waals surface area contributed by atoms with Crippen LogP contribution in [0.5, 0.6) is 0 Å². The van der Waals surface area contributed by atoms with Crippen LogP contribution in [0.15, 0.2) is 89.2 Å². The zero-order chi connectivity index (χ0) is 24.6. The number of nitrogens with zero attached hydrogens (tertiary/aromatic N) is 3. The third-order valence-corrected chi connectivity index (χ3v) is 5.47. The molecule has 0 saturated heterocycles. The Bertz CT molecular complexity index is 1080. The zero-order valence-electron chi connectivity index (χ0n) is 20.0. The lowest BCUT2D eigenvalue weighted by Gasteiger charge is -2.11. The summed E-state index contributed by atoms with van der Waals surface area (Å²) in [7, 11) is 0. The van der Waals surface area contributed by atoms with Gasteiger partial charge >= 0.3 is 6.09 Å². The summed E-state index contributed by atoms with van der Waals surface area (Å²) in [6, 6.07) is 21.5. The van der Waals surface area contributed by atoms with E-state index in [-0.39, 0.29) is 0 Å². The molecular weight excluding hydrogens is 438 g/mol. The van der Waals surface area contributed by atoms with Crippen LogP contribution in [0, 0.1) is 0 Å². The van der Waals surface area contributed by atoms with E-state index in [2.05, 4.69) is 20.4 Å². The molecule has 1 heterocycles. The van der Waals surface area contributed by atoms with Crippen LogP contribution < -0.4 is 11.2 Å². The molecule has 0 aliphatic carbocycles. The Morgan fingerprint density at radius 2 is 1.66 bits per heavy atom. The minimum absolute atomic E-state index is 0.416. The summed E-state index contributed by atoms with van der Waals surface area (Å²) in [5, 5.41) is 6.64. The second kappa shape index (κ2) is 15.0. The first-order valence-corrected chi connectivity index (χ1v) is 12.0. The number of hydrogen-bond acceptors (Lipinski definition) is 6. The first-order valence-electron chi connectivity index (χ1n) is 12.0. The van der Waals surface area contributed by atoms with Crippen molar-refractivity contribution in [1.29, 1.82) is 0 Å². The second-order valence-corrected chi connectivity index (χ2v) is 8.09. The lowest BCUT2D eigenvalue weighted by Crippen LogP contribution is -2.15. The van der Waals surface area contributed by atoms with Crippen molar-refractivity contribution in [3.05, 3.63) is 84.7 Å². The third kappa shape index (κ3) is 9.04. The number of anilines is 1. The molecule has 0 unspecified atom stereocenters. The van der Waals surface area contributed by atoms with Gasteiger partial charge in [-0.05, 0) is 36.6 Å². The summed E-state index contributed by atoms with van der Waals surface area (Å²) in [6.07, 6.45) is 11.0. The summed E-state index contributed by atoms with van der Waals surface area (Å²) in [6.45, 7) is 1.16. The van der Waals surface area contributed by atoms with Crippen LogP contribution >= 0.6 is 0 Å². The lowest BCUT2D eigenvalue weighted by atomic mass is 10.0. The molecule has 1 amide bonds. The summed E-state index contributed by atoms with van der Waals surface area (Å²) in [5.74, 6) is 5.45. The number of carbonyl (C=O) groups is 1. The molecule has 0 fully saturated rings. The Labute approximate surface area is 207 Å². The first kappa shape index (κ1) is 25.6. The summed E-state index contributed by atoms with van der Waals surface area (Å²) in [4.78, 5) is 20.7. The molecule has 1 aromatic heterocycles. The van der Waals surface area contributed by atoms with E-state index in [1.807, 2.05) is 66.7 Å². The number of rotatable bonds is 13. The normalized spacial score (nSPS) is 11.5. The van der Waals surface area contributed by atoms with Crippen LogP contribution in [0.1, 0.15) is 44.1 Å². The largest absolute Gasteiger partial charge is 0.449 e. The molecular formula is C28H33N5O2. The van der Waals surface area contributed by atoms with E-state index in [1.165, 1.54) is 0 Å². The number of benzene rings is 2. The molecule has 182 valence electrons. The fourth-order valence-electron chi connectivity index (χ4n) is 3.63. The van der Waals surface area contributed by atoms with Crippen molar-refractivity contribution in [2.24, 2.45) is 15.9 Å². The van der Waals surface area contributed by atoms with Gasteiger partial charge in [0.15, 0.2) is 0 Å². The minimum Gasteiger partial charge on any atom is -0.449 e. The monoisotopic (exact) mass is 471 g/mol. The Kier molecular flexibility index (Phi) is 11.0. The summed E-state index contributed by atoms with van der Waals surface area (Å²) < 4.78 is 5.37. The highest BCUT2D eigenvalue weighted by molar-refractivity contribution is 6.38. The van der Waals surface area contributed by atoms with Crippen molar-refractivity contribution in [2.75, 3.05) is 18.5 Å². The van der Waals surface area contributed by atoms with Crippen molar-refractivity contribution in [1.82, 2.24) is 4.98 Å². The van der Waals surface area contributed by atoms with E-state index in [1.54, 1.807) is 18.6 Å². The molecule has 2 aromatic carbocycles. The Hall–Kier alpha value is -4.00. The minimum atomic E-state index is -0.419. The van der Waals surface area contributed by atoms with E-state index in [9.17, 15) is 4.79 Å². The van der Waals surface area contributed by atoms with Gasteiger partial charge in [-0.2, -0.15) is 5.10 Å². The van der Waals surface area contributed by atoms with Crippen molar-refractivity contribution in [2.45, 2.75) is 38.5 Å². The van der Waals surface area contributed by atoms with Crippen molar-refractivity contribution in [3.63, 3.8) is 0 Å². The third-order valence-electron chi connectivity index (χ3n) is 5.47. The molecule has 0 aliphatic rings. The SMILES string of the molecule is NN=C(C=NCCCCCCCCOC(=O)Nc1ccccc1-c1ccccc1)c1cccnc1. The molecule has 3 rings (SSSR count). The predicted molar refractivity (Wildman–Crippen MR) is 143 cm³/mol. The highest BCUT2D eigenvalue weighted by Gasteiger charge is 2.08. The molecule has 3 N–H and O–H groups in total. The van der Waals surface area contributed by atoms with Gasteiger partial charge in [0.1, 0.15) is 5.71 Å². The number of pyridine rings is 1. The van der Waals surface area contributed by atoms with Gasteiger partial charge < -0.3 is 10.6 Å². The van der Waals surface area contributed by atoms with E-state index in [0.29, 0.717) is 12.3 Å². The molecule has 0 aliphatic heterocycles. The second-order valence-electron chi connectivity index (χ2n) is 8.09. The van der Waals surface area contributed by atoms with Gasteiger partial charge in [-0.3, -0.25) is 15.3 Å². The van der Waals surface area contributed by atoms with Gasteiger partial charge in [0.25, 0.3) is 0 Å². The summed E-state index contributed by atoms with van der Waals surface area (Å²) >= 11 is 0. The van der Waals surface area contributed by atoms with E-state index in [4.69, 9.17) is 10.6 Å². The van der Waals surface area contributed by atoms with Crippen molar-refractivity contribution < 1.29 is 9.53 Å². The first-order chi connectivity index (χ1) is 17.3. The highest BCUT2D eigenvalue weighted by Crippen LogP contribution is 2.27. The molecule has 0 radical (unpaired) electrons. The number of aliphatic imine (C=N–C) groups is 1. The quantitative estimate of drug-likeness (QED) is 0.137. The number of hydrogen-bond donors (Lipinski definition) is 2. The van der Waals surface area contributed by atoms with Crippen LogP contribution in [0.3, 0.4) is 0 Å². The van der Waals surface area contributed by atoms with Gasteiger partial charge in [-0.25, -0.2) is 4.79 Å². The fraction of sp³-hybridized carbons (Fsp3) is 0.286. The van der Waals surface area contributed by atoms with Crippen LogP contribution in [-0.2, 0) is 4.74 Å². The highest BCUT2D eigenvalue weighted by atomic mass is 16.5. The van der Waals surface area contributed by atoms with Gasteiger partial charge in [-0.1, -0.05) is 74.2 Å². The van der Waals surface area contributed by atoms with Crippen LogP contribution in [0.25, 0.3) is 11.1 Å². The maximum Gasteiger partial charge on any atom is 0.411 e. The maximum atomic E-state index is 12.2. The maximum absolute atomic E-state index is 12.2. The molecule has 0 spiro atoms. The number of amides is 1. The average Bonchev–Trinajstić information content (AvgIpc) is 2.91. The molecule has 0 atom stereocenters. The Morgan fingerprint density at radius 1 is 0.914 bits per heavy atom. The molecule has 35 heavy (non-hydrogen) atoms. The van der Waals surface area contributed by atoms with Gasteiger partial charge in [-0.15, -0.1) is 0 Å². The topological polar surface area (TPSA) is 102 Å². The number of nitrogens with two attached hydrogens (primary N) is 1. The average molecular weight is 472 g/mol. The molecule has 0 bridgehead atoms. The number of para-hydroxylation sites is 1. The fourth-order valence-corrected chi connectivity index (χ4v) is 3.63. The standard InChI is InChI=1S/C28H33N5O2/c29-33-27(24-15-12-19-30-21-24)22-31-18-10-3-1-2-4-11-20-35-28(34)32-26-17-9-8-16-25(26)23-13-6-5-7-14-23/h5-9,12-17,19,21-22H,1-4,10-11,18,20,29H2,(H,32,34). The van der Waals surface area contributed by atoms with Gasteiger partial charge in [0.2, 0.25) is 0 Å². The number of aromatic nitrogens is 1. The Balaban J connectivity index is 1.24.